The molecule has 1 aromatic heterocycles. The number of rotatable bonds is 2. The van der Waals surface area contributed by atoms with Crippen LogP contribution in [-0.4, -0.2) is 23.1 Å². The number of aryl methyl sites for hydroxylation is 1. The molecule has 0 amide bonds. The molecule has 4 nitrogen and oxygen atoms in total. The normalized spacial score (nSPS) is 20.8. The molecular weight excluding hydrogens is 224 g/mol. The van der Waals surface area contributed by atoms with E-state index in [4.69, 9.17) is 5.73 Å². The first-order chi connectivity index (χ1) is 8.61. The number of hydrogen-bond donors (Lipinski definition) is 1. The van der Waals surface area contributed by atoms with Crippen LogP contribution >= 0.6 is 0 Å². The third kappa shape index (κ3) is 2.74. The third-order valence-corrected chi connectivity index (χ3v) is 3.99. The summed E-state index contributed by atoms with van der Waals surface area (Å²) in [6.45, 7) is 8.40. The highest BCUT2D eigenvalue weighted by atomic mass is 15.2. The number of hydrogen-bond acceptors (Lipinski definition) is 4. The fourth-order valence-electron chi connectivity index (χ4n) is 2.73. The zero-order chi connectivity index (χ0) is 13.1. The maximum Gasteiger partial charge on any atom is 0.137 e. The summed E-state index contributed by atoms with van der Waals surface area (Å²) in [5.74, 6) is 3.30. The molecule has 0 spiro atoms. The number of aromatic nitrogens is 2. The van der Waals surface area contributed by atoms with Crippen molar-refractivity contribution in [1.82, 2.24) is 9.97 Å². The van der Waals surface area contributed by atoms with E-state index in [0.29, 0.717) is 5.82 Å². The molecule has 18 heavy (non-hydrogen) atoms. The second kappa shape index (κ2) is 5.55. The van der Waals surface area contributed by atoms with Crippen LogP contribution in [0.25, 0.3) is 0 Å². The van der Waals surface area contributed by atoms with E-state index in [9.17, 15) is 0 Å². The highest BCUT2D eigenvalue weighted by Crippen LogP contribution is 2.27. The van der Waals surface area contributed by atoms with Crippen molar-refractivity contribution in [2.75, 3.05) is 23.7 Å². The van der Waals surface area contributed by atoms with Gasteiger partial charge in [-0.25, -0.2) is 9.97 Å². The van der Waals surface area contributed by atoms with E-state index >= 15 is 0 Å². The average molecular weight is 248 g/mol. The van der Waals surface area contributed by atoms with Gasteiger partial charge < -0.3 is 10.6 Å². The molecule has 1 aliphatic heterocycles. The molecule has 1 aliphatic rings. The van der Waals surface area contributed by atoms with Crippen molar-refractivity contribution in [1.29, 1.82) is 0 Å². The Morgan fingerprint density at radius 3 is 2.72 bits per heavy atom. The van der Waals surface area contributed by atoms with Gasteiger partial charge in [0.05, 0.1) is 0 Å². The second-order valence-corrected chi connectivity index (χ2v) is 5.30. The minimum absolute atomic E-state index is 0.619. The van der Waals surface area contributed by atoms with Crippen LogP contribution in [0.15, 0.2) is 0 Å². The fourth-order valence-corrected chi connectivity index (χ4v) is 2.73. The SMILES string of the molecule is CCC1CCCN(c2nc(C)nc(N)c2C)CC1. The van der Waals surface area contributed by atoms with Gasteiger partial charge in [0.15, 0.2) is 0 Å². The number of nitrogen functional groups attached to an aromatic ring is 1. The first-order valence-corrected chi connectivity index (χ1v) is 6.97. The van der Waals surface area contributed by atoms with Gasteiger partial charge in [0.1, 0.15) is 17.5 Å². The van der Waals surface area contributed by atoms with Crippen molar-refractivity contribution in [3.05, 3.63) is 11.4 Å². The Hall–Kier alpha value is -1.32. The topological polar surface area (TPSA) is 55.0 Å². The molecule has 1 aromatic rings. The highest BCUT2D eigenvalue weighted by molar-refractivity contribution is 5.56. The summed E-state index contributed by atoms with van der Waals surface area (Å²) >= 11 is 0. The average Bonchev–Trinajstić information content (AvgIpc) is 2.59. The molecule has 4 heteroatoms. The first kappa shape index (κ1) is 13.1. The van der Waals surface area contributed by atoms with Gasteiger partial charge in [-0.15, -0.1) is 0 Å². The van der Waals surface area contributed by atoms with Crippen LogP contribution in [0.1, 0.15) is 44.0 Å². The Kier molecular flexibility index (Phi) is 4.04. The molecule has 0 aliphatic carbocycles. The van der Waals surface area contributed by atoms with E-state index in [-0.39, 0.29) is 0 Å². The molecule has 1 unspecified atom stereocenters. The summed E-state index contributed by atoms with van der Waals surface area (Å²) in [5, 5.41) is 0. The van der Waals surface area contributed by atoms with E-state index in [2.05, 4.69) is 21.8 Å². The Morgan fingerprint density at radius 1 is 1.22 bits per heavy atom. The number of nitrogens with zero attached hydrogens (tertiary/aromatic N) is 3. The van der Waals surface area contributed by atoms with Crippen molar-refractivity contribution in [2.45, 2.75) is 46.5 Å². The predicted molar refractivity (Wildman–Crippen MR) is 75.8 cm³/mol. The van der Waals surface area contributed by atoms with Crippen molar-refractivity contribution in [3.8, 4) is 0 Å². The van der Waals surface area contributed by atoms with Crippen molar-refractivity contribution < 1.29 is 0 Å². The summed E-state index contributed by atoms with van der Waals surface area (Å²) < 4.78 is 0. The van der Waals surface area contributed by atoms with Crippen LogP contribution in [-0.2, 0) is 0 Å². The van der Waals surface area contributed by atoms with Gasteiger partial charge in [-0.3, -0.25) is 0 Å². The van der Waals surface area contributed by atoms with E-state index in [1.807, 2.05) is 13.8 Å². The molecule has 2 rings (SSSR count). The van der Waals surface area contributed by atoms with Crippen LogP contribution < -0.4 is 10.6 Å². The molecule has 2 heterocycles. The molecule has 0 bridgehead atoms. The largest absolute Gasteiger partial charge is 0.383 e. The highest BCUT2D eigenvalue weighted by Gasteiger charge is 2.19. The summed E-state index contributed by atoms with van der Waals surface area (Å²) in [6, 6.07) is 0. The molecule has 0 radical (unpaired) electrons. The van der Waals surface area contributed by atoms with Crippen LogP contribution in [0.5, 0.6) is 0 Å². The van der Waals surface area contributed by atoms with E-state index in [0.717, 1.165) is 36.2 Å². The molecule has 0 saturated carbocycles. The van der Waals surface area contributed by atoms with Crippen LogP contribution in [0.2, 0.25) is 0 Å². The fraction of sp³-hybridized carbons (Fsp3) is 0.714. The van der Waals surface area contributed by atoms with Crippen molar-refractivity contribution >= 4 is 11.6 Å². The Morgan fingerprint density at radius 2 is 2.00 bits per heavy atom. The number of anilines is 2. The minimum Gasteiger partial charge on any atom is -0.383 e. The van der Waals surface area contributed by atoms with Crippen molar-refractivity contribution in [3.63, 3.8) is 0 Å². The lowest BCUT2D eigenvalue weighted by atomic mass is 9.98. The monoisotopic (exact) mass is 248 g/mol. The summed E-state index contributed by atoms with van der Waals surface area (Å²) in [5.41, 5.74) is 6.97. The summed E-state index contributed by atoms with van der Waals surface area (Å²) in [6.07, 6.45) is 5.14. The Labute approximate surface area is 110 Å². The molecule has 1 saturated heterocycles. The summed E-state index contributed by atoms with van der Waals surface area (Å²) in [7, 11) is 0. The lowest BCUT2D eigenvalue weighted by Gasteiger charge is -2.24. The lowest BCUT2D eigenvalue weighted by Crippen LogP contribution is -2.27. The zero-order valence-corrected chi connectivity index (χ0v) is 11.7. The van der Waals surface area contributed by atoms with Crippen molar-refractivity contribution in [2.24, 2.45) is 5.92 Å². The quantitative estimate of drug-likeness (QED) is 0.874. The molecule has 2 N–H and O–H groups in total. The van der Waals surface area contributed by atoms with Gasteiger partial charge >= 0.3 is 0 Å². The molecule has 0 aromatic carbocycles. The molecule has 1 atom stereocenters. The van der Waals surface area contributed by atoms with Crippen LogP contribution in [0.3, 0.4) is 0 Å². The lowest BCUT2D eigenvalue weighted by molar-refractivity contribution is 0.459. The van der Waals surface area contributed by atoms with Gasteiger partial charge in [-0.05, 0) is 39.0 Å². The van der Waals surface area contributed by atoms with E-state index < -0.39 is 0 Å². The standard InChI is InChI=1S/C14H24N4/c1-4-12-6-5-8-18(9-7-12)14-10(2)13(15)16-11(3)17-14/h12H,4-9H2,1-3H3,(H2,15,16,17). The van der Waals surface area contributed by atoms with Gasteiger partial charge in [-0.2, -0.15) is 0 Å². The minimum atomic E-state index is 0.619. The number of nitrogens with two attached hydrogens (primary N) is 1. The van der Waals surface area contributed by atoms with Gasteiger partial charge in [0.2, 0.25) is 0 Å². The third-order valence-electron chi connectivity index (χ3n) is 3.99. The Balaban J connectivity index is 2.21. The van der Waals surface area contributed by atoms with Crippen LogP contribution in [0, 0.1) is 19.8 Å². The van der Waals surface area contributed by atoms with E-state index in [1.165, 1.54) is 25.7 Å². The van der Waals surface area contributed by atoms with Gasteiger partial charge in [0.25, 0.3) is 0 Å². The van der Waals surface area contributed by atoms with Gasteiger partial charge in [0, 0.05) is 18.7 Å². The second-order valence-electron chi connectivity index (χ2n) is 5.30. The van der Waals surface area contributed by atoms with Crippen LogP contribution in [0.4, 0.5) is 11.6 Å². The maximum atomic E-state index is 5.94. The molecular formula is C14H24N4. The summed E-state index contributed by atoms with van der Waals surface area (Å²) in [4.78, 5) is 11.2. The first-order valence-electron chi connectivity index (χ1n) is 6.97. The maximum absolute atomic E-state index is 5.94. The van der Waals surface area contributed by atoms with Gasteiger partial charge in [-0.1, -0.05) is 13.3 Å². The Bertz CT molecular complexity index is 417. The predicted octanol–water partition coefficient (Wildman–Crippen LogP) is 2.69. The smallest absolute Gasteiger partial charge is 0.137 e. The van der Waals surface area contributed by atoms with E-state index in [1.54, 1.807) is 0 Å². The molecule has 1 fully saturated rings. The zero-order valence-electron chi connectivity index (χ0n) is 11.7. The molecule has 100 valence electrons.